The van der Waals surface area contributed by atoms with Crippen LogP contribution in [-0.2, 0) is 9.59 Å². The van der Waals surface area contributed by atoms with Crippen LogP contribution in [0.15, 0.2) is 35.9 Å². The molecule has 116 valence electrons. The highest BCUT2D eigenvalue weighted by molar-refractivity contribution is 5.97. The highest BCUT2D eigenvalue weighted by Gasteiger charge is 2.31. The Morgan fingerprint density at radius 1 is 1.14 bits per heavy atom. The summed E-state index contributed by atoms with van der Waals surface area (Å²) in [7, 11) is 0. The lowest BCUT2D eigenvalue weighted by atomic mass is 9.79. The van der Waals surface area contributed by atoms with Crippen molar-refractivity contribution in [2.45, 2.75) is 26.7 Å². The fraction of sp³-hybridized carbons (Fsp3) is 0.353. The molecular weight excluding hydrogens is 282 g/mol. The summed E-state index contributed by atoms with van der Waals surface area (Å²) in [5, 5.41) is 13.9. The molecule has 0 bridgehead atoms. The zero-order chi connectivity index (χ0) is 16.3. The van der Waals surface area contributed by atoms with E-state index in [9.17, 15) is 19.5 Å². The van der Waals surface area contributed by atoms with Crippen LogP contribution in [0.2, 0.25) is 0 Å². The molecule has 0 saturated heterocycles. The molecule has 22 heavy (non-hydrogen) atoms. The number of allylic oxidation sites excluding steroid dienone is 2. The highest BCUT2D eigenvalue weighted by atomic mass is 16.4. The van der Waals surface area contributed by atoms with Crippen LogP contribution >= 0.6 is 0 Å². The van der Waals surface area contributed by atoms with Gasteiger partial charge in [0.1, 0.15) is 0 Å². The molecule has 0 fully saturated rings. The SMILES string of the molecule is CC(=O)c1ccc(NC(=O)[C@@H]2CC(C)=CC[C@@H]2C(=O)[O-])cc1. The molecule has 5 nitrogen and oxygen atoms in total. The first-order chi connectivity index (χ1) is 10.4. The topological polar surface area (TPSA) is 86.3 Å². The van der Waals surface area contributed by atoms with E-state index in [1.54, 1.807) is 24.3 Å². The van der Waals surface area contributed by atoms with E-state index in [0.717, 1.165) is 5.57 Å². The molecule has 0 unspecified atom stereocenters. The van der Waals surface area contributed by atoms with Crippen molar-refractivity contribution >= 4 is 23.3 Å². The fourth-order valence-electron chi connectivity index (χ4n) is 2.62. The van der Waals surface area contributed by atoms with E-state index in [1.165, 1.54) is 6.92 Å². The van der Waals surface area contributed by atoms with Gasteiger partial charge in [-0.15, -0.1) is 0 Å². The maximum Gasteiger partial charge on any atom is 0.228 e. The second-order valence-corrected chi connectivity index (χ2v) is 5.65. The highest BCUT2D eigenvalue weighted by Crippen LogP contribution is 2.30. The van der Waals surface area contributed by atoms with Crippen LogP contribution < -0.4 is 10.4 Å². The Kier molecular flexibility index (Phi) is 4.75. The van der Waals surface area contributed by atoms with Crippen molar-refractivity contribution in [3.8, 4) is 0 Å². The van der Waals surface area contributed by atoms with Gasteiger partial charge < -0.3 is 15.2 Å². The number of benzene rings is 1. The number of rotatable bonds is 4. The number of carbonyl (C=O) groups excluding carboxylic acids is 3. The third kappa shape index (κ3) is 3.61. The van der Waals surface area contributed by atoms with Crippen LogP contribution in [0.4, 0.5) is 5.69 Å². The van der Waals surface area contributed by atoms with Gasteiger partial charge in [0.05, 0.1) is 5.92 Å². The first-order valence-electron chi connectivity index (χ1n) is 7.17. The molecule has 1 aliphatic carbocycles. The molecule has 0 heterocycles. The molecule has 0 radical (unpaired) electrons. The Balaban J connectivity index is 2.11. The van der Waals surface area contributed by atoms with Crippen LogP contribution in [0.25, 0.3) is 0 Å². The van der Waals surface area contributed by atoms with Crippen LogP contribution in [0.1, 0.15) is 37.0 Å². The Morgan fingerprint density at radius 3 is 2.32 bits per heavy atom. The second-order valence-electron chi connectivity index (χ2n) is 5.65. The van der Waals surface area contributed by atoms with E-state index >= 15 is 0 Å². The number of aliphatic carboxylic acids is 1. The molecule has 1 aromatic rings. The standard InChI is InChI=1S/C17H19NO4/c1-10-3-8-14(17(21)22)15(9-10)16(20)18-13-6-4-12(5-7-13)11(2)19/h3-7,14-15H,8-9H2,1-2H3,(H,18,20)(H,21,22)/p-1/t14-,15+/m0/s1. The van der Waals surface area contributed by atoms with Gasteiger partial charge in [-0.05, 0) is 51.0 Å². The molecule has 2 rings (SSSR count). The summed E-state index contributed by atoms with van der Waals surface area (Å²) in [4.78, 5) is 34.8. The molecule has 0 aromatic heterocycles. The van der Waals surface area contributed by atoms with E-state index in [2.05, 4.69) is 5.32 Å². The summed E-state index contributed by atoms with van der Waals surface area (Å²) in [5.74, 6) is -3.03. The molecule has 1 amide bonds. The number of nitrogens with one attached hydrogen (secondary N) is 1. The van der Waals surface area contributed by atoms with Crippen molar-refractivity contribution in [1.29, 1.82) is 0 Å². The quantitative estimate of drug-likeness (QED) is 0.675. The summed E-state index contributed by atoms with van der Waals surface area (Å²) < 4.78 is 0. The monoisotopic (exact) mass is 300 g/mol. The smallest absolute Gasteiger partial charge is 0.228 e. The molecule has 0 aliphatic heterocycles. The van der Waals surface area contributed by atoms with Gasteiger partial charge in [0.2, 0.25) is 5.91 Å². The molecule has 0 saturated carbocycles. The number of carboxylic acids is 1. The van der Waals surface area contributed by atoms with E-state index < -0.39 is 17.8 Å². The maximum atomic E-state index is 12.4. The number of hydrogen-bond acceptors (Lipinski definition) is 4. The van der Waals surface area contributed by atoms with Crippen LogP contribution in [0.5, 0.6) is 0 Å². The number of carboxylic acid groups (broad SMARTS) is 1. The second kappa shape index (κ2) is 6.56. The van der Waals surface area contributed by atoms with Crippen LogP contribution in [0.3, 0.4) is 0 Å². The van der Waals surface area contributed by atoms with Gasteiger partial charge in [0.25, 0.3) is 0 Å². The lowest BCUT2D eigenvalue weighted by molar-refractivity contribution is -0.313. The Labute approximate surface area is 129 Å². The number of anilines is 1. The van der Waals surface area contributed by atoms with Crippen LogP contribution in [-0.4, -0.2) is 17.7 Å². The zero-order valence-electron chi connectivity index (χ0n) is 12.6. The first kappa shape index (κ1) is 15.9. The third-order valence-electron chi connectivity index (χ3n) is 3.95. The molecule has 5 heteroatoms. The fourth-order valence-corrected chi connectivity index (χ4v) is 2.62. The summed E-state index contributed by atoms with van der Waals surface area (Å²) >= 11 is 0. The van der Waals surface area contributed by atoms with Gasteiger partial charge in [-0.3, -0.25) is 9.59 Å². The van der Waals surface area contributed by atoms with Gasteiger partial charge in [-0.2, -0.15) is 0 Å². The van der Waals surface area contributed by atoms with Gasteiger partial charge >= 0.3 is 0 Å². The van der Waals surface area contributed by atoms with Crippen molar-refractivity contribution in [3.63, 3.8) is 0 Å². The Morgan fingerprint density at radius 2 is 1.77 bits per heavy atom. The minimum Gasteiger partial charge on any atom is -0.550 e. The summed E-state index contributed by atoms with van der Waals surface area (Å²) in [5.41, 5.74) is 2.10. The van der Waals surface area contributed by atoms with Crippen molar-refractivity contribution in [1.82, 2.24) is 0 Å². The summed E-state index contributed by atoms with van der Waals surface area (Å²) in [6, 6.07) is 6.52. The number of amides is 1. The number of hydrogen-bond donors (Lipinski definition) is 1. The van der Waals surface area contributed by atoms with E-state index in [4.69, 9.17) is 0 Å². The lowest BCUT2D eigenvalue weighted by Crippen LogP contribution is -2.42. The molecule has 1 aliphatic rings. The normalized spacial score (nSPS) is 20.9. The summed E-state index contributed by atoms with van der Waals surface area (Å²) in [6.07, 6.45) is 2.57. The lowest BCUT2D eigenvalue weighted by Gasteiger charge is -2.30. The molecule has 1 N–H and O–H groups in total. The predicted molar refractivity (Wildman–Crippen MR) is 80.1 cm³/mol. The van der Waals surface area contributed by atoms with Crippen molar-refractivity contribution in [2.75, 3.05) is 5.32 Å². The van der Waals surface area contributed by atoms with Gasteiger partial charge in [0.15, 0.2) is 5.78 Å². The number of ketones is 1. The van der Waals surface area contributed by atoms with Crippen molar-refractivity contribution in [2.24, 2.45) is 11.8 Å². The number of carbonyl (C=O) groups is 3. The van der Waals surface area contributed by atoms with Crippen LogP contribution in [0, 0.1) is 11.8 Å². The van der Waals surface area contributed by atoms with E-state index in [0.29, 0.717) is 24.1 Å². The molecule has 1 aromatic carbocycles. The first-order valence-corrected chi connectivity index (χ1v) is 7.17. The van der Waals surface area contributed by atoms with Gasteiger partial charge in [0, 0.05) is 23.1 Å². The Hall–Kier alpha value is -2.43. The predicted octanol–water partition coefficient (Wildman–Crippen LogP) is 1.55. The van der Waals surface area contributed by atoms with Crippen molar-refractivity contribution < 1.29 is 19.5 Å². The van der Waals surface area contributed by atoms with E-state index in [-0.39, 0.29) is 11.7 Å². The average molecular weight is 300 g/mol. The summed E-state index contributed by atoms with van der Waals surface area (Å²) in [6.45, 7) is 3.35. The molecule has 2 atom stereocenters. The maximum absolute atomic E-state index is 12.4. The third-order valence-corrected chi connectivity index (χ3v) is 3.95. The average Bonchev–Trinajstić information content (AvgIpc) is 2.47. The largest absolute Gasteiger partial charge is 0.550 e. The minimum absolute atomic E-state index is 0.0528. The zero-order valence-corrected chi connectivity index (χ0v) is 12.6. The Bertz CT molecular complexity index is 631. The van der Waals surface area contributed by atoms with Crippen molar-refractivity contribution in [3.05, 3.63) is 41.5 Å². The number of Topliss-reactive ketones (excluding diaryl/α,β-unsaturated/α-hetero) is 1. The molecule has 0 spiro atoms. The molecular formula is C17H18NO4-. The van der Waals surface area contributed by atoms with E-state index in [1.807, 2.05) is 13.0 Å². The van der Waals surface area contributed by atoms with Gasteiger partial charge in [-0.1, -0.05) is 11.6 Å². The van der Waals surface area contributed by atoms with Gasteiger partial charge in [-0.25, -0.2) is 0 Å². The minimum atomic E-state index is -1.20.